The minimum atomic E-state index is -0.931. The van der Waals surface area contributed by atoms with Gasteiger partial charge in [-0.05, 0) is 23.5 Å². The van der Waals surface area contributed by atoms with Crippen molar-refractivity contribution >= 4 is 0 Å². The molecule has 2 unspecified atom stereocenters. The Labute approximate surface area is 91.5 Å². The molecular weight excluding hydrogens is 189 g/mol. The molecule has 1 nitrogen and oxygen atoms in total. The zero-order valence-corrected chi connectivity index (χ0v) is 9.92. The van der Waals surface area contributed by atoms with Crippen LogP contribution in [0.4, 0.5) is 4.39 Å². The fraction of sp³-hybridized carbons (Fsp3) is 0.538. The van der Waals surface area contributed by atoms with E-state index in [1.807, 2.05) is 52.0 Å². The lowest BCUT2D eigenvalue weighted by Gasteiger charge is -2.24. The Morgan fingerprint density at radius 1 is 1.07 bits per heavy atom. The first kappa shape index (κ1) is 12.2. The summed E-state index contributed by atoms with van der Waals surface area (Å²) in [4.78, 5) is 0. The van der Waals surface area contributed by atoms with Crippen molar-refractivity contribution in [3.05, 3.63) is 35.4 Å². The van der Waals surface area contributed by atoms with E-state index >= 15 is 0 Å². The van der Waals surface area contributed by atoms with Gasteiger partial charge >= 0.3 is 0 Å². The Morgan fingerprint density at radius 3 is 1.80 bits per heavy atom. The van der Waals surface area contributed by atoms with Gasteiger partial charge in [0.05, 0.1) is 0 Å². The Hall–Kier alpha value is -0.890. The summed E-state index contributed by atoms with van der Waals surface area (Å²) in [5.74, 6) is 0. The molecule has 0 aliphatic carbocycles. The van der Waals surface area contributed by atoms with Gasteiger partial charge in [0, 0.05) is 6.04 Å². The first-order chi connectivity index (χ1) is 6.82. The maximum absolute atomic E-state index is 13.9. The van der Waals surface area contributed by atoms with E-state index in [1.54, 1.807) is 0 Å². The van der Waals surface area contributed by atoms with Crippen LogP contribution in [-0.2, 0) is 0 Å². The summed E-state index contributed by atoms with van der Waals surface area (Å²) in [5.41, 5.74) is 7.15. The first-order valence-corrected chi connectivity index (χ1v) is 5.32. The lowest BCUT2D eigenvalue weighted by atomic mass is 9.85. The molecule has 0 fully saturated rings. The maximum atomic E-state index is 13.9. The molecule has 15 heavy (non-hydrogen) atoms. The number of hydrogen-bond acceptors (Lipinski definition) is 1. The maximum Gasteiger partial charge on any atom is 0.130 e. The summed E-state index contributed by atoms with van der Waals surface area (Å²) in [6.45, 7) is 7.62. The molecule has 2 atom stereocenters. The molecule has 2 N–H and O–H groups in total. The minimum absolute atomic E-state index is 0.00625. The highest BCUT2D eigenvalue weighted by Gasteiger charge is 2.25. The molecule has 0 aliphatic heterocycles. The van der Waals surface area contributed by atoms with Crippen LogP contribution in [0, 0.1) is 5.41 Å². The summed E-state index contributed by atoms with van der Waals surface area (Å²) in [7, 11) is 0. The van der Waals surface area contributed by atoms with Crippen LogP contribution in [0.5, 0.6) is 0 Å². The lowest BCUT2D eigenvalue weighted by molar-refractivity contribution is 0.165. The molecule has 0 heterocycles. The van der Waals surface area contributed by atoms with E-state index in [4.69, 9.17) is 5.73 Å². The van der Waals surface area contributed by atoms with E-state index in [0.717, 1.165) is 11.1 Å². The monoisotopic (exact) mass is 209 g/mol. The second kappa shape index (κ2) is 4.31. The Morgan fingerprint density at radius 2 is 1.47 bits per heavy atom. The van der Waals surface area contributed by atoms with Crippen LogP contribution in [0.3, 0.4) is 0 Å². The van der Waals surface area contributed by atoms with E-state index in [0.29, 0.717) is 0 Å². The van der Waals surface area contributed by atoms with E-state index in [1.165, 1.54) is 0 Å². The van der Waals surface area contributed by atoms with Crippen LogP contribution in [0.25, 0.3) is 0 Å². The Balaban J connectivity index is 2.89. The quantitative estimate of drug-likeness (QED) is 0.788. The summed E-state index contributed by atoms with van der Waals surface area (Å²) in [6.07, 6.45) is -0.931. The highest BCUT2D eigenvalue weighted by Crippen LogP contribution is 2.36. The highest BCUT2D eigenvalue weighted by atomic mass is 19.1. The molecule has 0 amide bonds. The normalized spacial score (nSPS) is 16.1. The molecule has 2 heteroatoms. The Kier molecular flexibility index (Phi) is 3.50. The smallest absolute Gasteiger partial charge is 0.130 e. The fourth-order valence-corrected chi connectivity index (χ4v) is 1.47. The Bertz CT molecular complexity index is 308. The third kappa shape index (κ3) is 3.03. The number of alkyl halides is 1. The summed E-state index contributed by atoms with van der Waals surface area (Å²) < 4.78 is 13.9. The van der Waals surface area contributed by atoms with Crippen LogP contribution in [-0.4, -0.2) is 0 Å². The van der Waals surface area contributed by atoms with Crippen LogP contribution in [0.1, 0.15) is 51.0 Å². The summed E-state index contributed by atoms with van der Waals surface area (Å²) in [5, 5.41) is 0. The first-order valence-electron chi connectivity index (χ1n) is 5.32. The topological polar surface area (TPSA) is 26.0 Å². The van der Waals surface area contributed by atoms with Gasteiger partial charge in [-0.3, -0.25) is 0 Å². The zero-order valence-electron chi connectivity index (χ0n) is 9.92. The van der Waals surface area contributed by atoms with Gasteiger partial charge in [0.2, 0.25) is 0 Å². The van der Waals surface area contributed by atoms with E-state index in [9.17, 15) is 4.39 Å². The van der Waals surface area contributed by atoms with Crippen molar-refractivity contribution in [1.29, 1.82) is 0 Å². The van der Waals surface area contributed by atoms with E-state index in [2.05, 4.69) is 0 Å². The van der Waals surface area contributed by atoms with E-state index < -0.39 is 6.17 Å². The molecule has 0 radical (unpaired) electrons. The minimum Gasteiger partial charge on any atom is -0.324 e. The van der Waals surface area contributed by atoms with Crippen molar-refractivity contribution in [2.24, 2.45) is 11.1 Å². The van der Waals surface area contributed by atoms with Crippen molar-refractivity contribution in [3.8, 4) is 0 Å². The van der Waals surface area contributed by atoms with Gasteiger partial charge in [-0.25, -0.2) is 4.39 Å². The fourth-order valence-electron chi connectivity index (χ4n) is 1.47. The highest BCUT2D eigenvalue weighted by molar-refractivity contribution is 5.26. The van der Waals surface area contributed by atoms with Gasteiger partial charge in [0.15, 0.2) is 0 Å². The number of hydrogen-bond donors (Lipinski definition) is 1. The molecule has 84 valence electrons. The van der Waals surface area contributed by atoms with Gasteiger partial charge in [-0.15, -0.1) is 0 Å². The standard InChI is InChI=1S/C13H20FN/c1-9(15)10-5-7-11(8-6-10)12(14)13(2,3)4/h5-9,12H,15H2,1-4H3. The predicted molar refractivity (Wildman–Crippen MR) is 62.3 cm³/mol. The second-order valence-electron chi connectivity index (χ2n) is 5.18. The van der Waals surface area contributed by atoms with Gasteiger partial charge < -0.3 is 5.73 Å². The average Bonchev–Trinajstić information content (AvgIpc) is 2.15. The van der Waals surface area contributed by atoms with Gasteiger partial charge in [-0.2, -0.15) is 0 Å². The van der Waals surface area contributed by atoms with Gasteiger partial charge in [0.1, 0.15) is 6.17 Å². The number of benzene rings is 1. The number of rotatable bonds is 2. The third-order valence-corrected chi connectivity index (χ3v) is 2.52. The number of halogens is 1. The molecular formula is C13H20FN. The third-order valence-electron chi connectivity index (χ3n) is 2.52. The second-order valence-corrected chi connectivity index (χ2v) is 5.18. The molecule has 1 aromatic rings. The number of nitrogens with two attached hydrogens (primary N) is 1. The average molecular weight is 209 g/mol. The van der Waals surface area contributed by atoms with Crippen molar-refractivity contribution in [3.63, 3.8) is 0 Å². The van der Waals surface area contributed by atoms with Crippen LogP contribution >= 0.6 is 0 Å². The molecule has 0 bridgehead atoms. The molecule has 0 saturated carbocycles. The molecule has 1 aromatic carbocycles. The van der Waals surface area contributed by atoms with Crippen molar-refractivity contribution in [2.45, 2.75) is 39.9 Å². The van der Waals surface area contributed by atoms with E-state index in [-0.39, 0.29) is 11.5 Å². The summed E-state index contributed by atoms with van der Waals surface area (Å²) >= 11 is 0. The van der Waals surface area contributed by atoms with Crippen LogP contribution in [0.2, 0.25) is 0 Å². The lowest BCUT2D eigenvalue weighted by Crippen LogP contribution is -2.14. The van der Waals surface area contributed by atoms with Crippen molar-refractivity contribution in [1.82, 2.24) is 0 Å². The summed E-state index contributed by atoms with van der Waals surface area (Å²) in [6, 6.07) is 7.46. The molecule has 1 rings (SSSR count). The van der Waals surface area contributed by atoms with Crippen LogP contribution < -0.4 is 5.73 Å². The predicted octanol–water partition coefficient (Wildman–Crippen LogP) is 3.76. The van der Waals surface area contributed by atoms with Crippen molar-refractivity contribution in [2.75, 3.05) is 0 Å². The molecule has 0 aromatic heterocycles. The van der Waals surface area contributed by atoms with Gasteiger partial charge in [0.25, 0.3) is 0 Å². The zero-order chi connectivity index (χ0) is 11.6. The molecule has 0 spiro atoms. The molecule has 0 aliphatic rings. The van der Waals surface area contributed by atoms with Crippen LogP contribution in [0.15, 0.2) is 24.3 Å². The molecule has 0 saturated heterocycles. The largest absolute Gasteiger partial charge is 0.324 e. The van der Waals surface area contributed by atoms with Crippen molar-refractivity contribution < 1.29 is 4.39 Å². The SMILES string of the molecule is CC(N)c1ccc(C(F)C(C)(C)C)cc1. The van der Waals surface area contributed by atoms with Gasteiger partial charge in [-0.1, -0.05) is 45.0 Å².